The van der Waals surface area contributed by atoms with E-state index < -0.39 is 17.2 Å². The Hall–Kier alpha value is -2.49. The third-order valence-electron chi connectivity index (χ3n) is 4.57. The van der Waals surface area contributed by atoms with Crippen LogP contribution in [-0.2, 0) is 16.8 Å². The van der Waals surface area contributed by atoms with Gasteiger partial charge in [-0.05, 0) is 47.5 Å². The maximum atomic E-state index is 12.1. The maximum absolute atomic E-state index is 12.1. The predicted molar refractivity (Wildman–Crippen MR) is 100 cm³/mol. The average molecular weight is 391 g/mol. The summed E-state index contributed by atoms with van der Waals surface area (Å²) in [6, 6.07) is 0.383. The highest BCUT2D eigenvalue weighted by atomic mass is 16.6. The molecule has 1 saturated heterocycles. The summed E-state index contributed by atoms with van der Waals surface area (Å²) < 4.78 is 12.6. The quantitative estimate of drug-likeness (QED) is 0.826. The van der Waals surface area contributed by atoms with Crippen LogP contribution in [0.3, 0.4) is 0 Å². The molecule has 154 valence electrons. The molecule has 10 heteroatoms. The summed E-state index contributed by atoms with van der Waals surface area (Å²) in [5, 5.41) is 11.1. The van der Waals surface area contributed by atoms with E-state index in [1.807, 2.05) is 39.3 Å². The van der Waals surface area contributed by atoms with Crippen molar-refractivity contribution in [3.05, 3.63) is 24.4 Å². The Labute approximate surface area is 164 Å². The molecule has 1 amide bonds. The fourth-order valence-corrected chi connectivity index (χ4v) is 3.13. The Morgan fingerprint density at radius 1 is 1.29 bits per heavy atom. The van der Waals surface area contributed by atoms with Gasteiger partial charge in [-0.15, -0.1) is 0 Å². The number of hydrogen-bond acceptors (Lipinski definition) is 8. The highest BCUT2D eigenvalue weighted by molar-refractivity contribution is 5.68. The van der Waals surface area contributed by atoms with E-state index in [0.717, 1.165) is 25.9 Å². The fourth-order valence-electron chi connectivity index (χ4n) is 3.13. The van der Waals surface area contributed by atoms with Gasteiger partial charge >= 0.3 is 6.09 Å². The Kier molecular flexibility index (Phi) is 5.69. The molecule has 3 rings (SSSR count). The number of aromatic nitrogens is 5. The number of nitrogens with one attached hydrogen (secondary N) is 1. The standard InChI is InChI=1S/C18H29N7O3/c1-17(2,3)27-16(26)22-18(4,5)15-21-14(28-23-15)10-24-8-6-13(7-9-24)25-12-19-11-20-25/h11-13H,6-10H2,1-5H3,(H,22,26). The van der Waals surface area contributed by atoms with E-state index in [-0.39, 0.29) is 0 Å². The van der Waals surface area contributed by atoms with Crippen LogP contribution in [0.25, 0.3) is 0 Å². The van der Waals surface area contributed by atoms with Crippen molar-refractivity contribution >= 4 is 6.09 Å². The highest BCUT2D eigenvalue weighted by Gasteiger charge is 2.31. The summed E-state index contributed by atoms with van der Waals surface area (Å²) in [6.07, 6.45) is 4.81. The van der Waals surface area contributed by atoms with Crippen LogP contribution in [0, 0.1) is 0 Å². The largest absolute Gasteiger partial charge is 0.444 e. The van der Waals surface area contributed by atoms with E-state index in [9.17, 15) is 4.79 Å². The smallest absolute Gasteiger partial charge is 0.408 e. The second-order valence-corrected chi connectivity index (χ2v) is 8.65. The molecule has 0 bridgehead atoms. The first kappa shape index (κ1) is 20.2. The number of alkyl carbamates (subject to hydrolysis) is 1. The molecule has 0 radical (unpaired) electrons. The summed E-state index contributed by atoms with van der Waals surface area (Å²) in [5.41, 5.74) is -1.37. The molecule has 0 atom stereocenters. The number of carbonyl (C=O) groups is 1. The molecule has 3 heterocycles. The first-order valence-electron chi connectivity index (χ1n) is 9.53. The van der Waals surface area contributed by atoms with E-state index in [0.29, 0.717) is 24.3 Å². The molecule has 0 aliphatic carbocycles. The zero-order valence-corrected chi connectivity index (χ0v) is 17.2. The molecule has 1 fully saturated rings. The Bertz CT molecular complexity index is 771. The second kappa shape index (κ2) is 7.86. The number of ether oxygens (including phenoxy) is 1. The van der Waals surface area contributed by atoms with Gasteiger partial charge in [0.05, 0.1) is 12.6 Å². The molecule has 0 saturated carbocycles. The van der Waals surface area contributed by atoms with Gasteiger partial charge in [-0.1, -0.05) is 5.16 Å². The van der Waals surface area contributed by atoms with Gasteiger partial charge in [0.15, 0.2) is 5.82 Å². The third kappa shape index (κ3) is 5.28. The van der Waals surface area contributed by atoms with E-state index in [4.69, 9.17) is 9.26 Å². The molecule has 0 spiro atoms. The summed E-state index contributed by atoms with van der Waals surface area (Å²) in [6.45, 7) is 11.5. The Balaban J connectivity index is 1.53. The molecule has 0 unspecified atom stereocenters. The maximum Gasteiger partial charge on any atom is 0.408 e. The lowest BCUT2D eigenvalue weighted by Crippen LogP contribution is -2.44. The monoisotopic (exact) mass is 391 g/mol. The minimum absolute atomic E-state index is 0.383. The van der Waals surface area contributed by atoms with Crippen molar-refractivity contribution in [3.63, 3.8) is 0 Å². The van der Waals surface area contributed by atoms with Crippen LogP contribution >= 0.6 is 0 Å². The van der Waals surface area contributed by atoms with Crippen molar-refractivity contribution < 1.29 is 14.1 Å². The lowest BCUT2D eigenvalue weighted by Gasteiger charge is -2.30. The second-order valence-electron chi connectivity index (χ2n) is 8.65. The summed E-state index contributed by atoms with van der Waals surface area (Å²) in [7, 11) is 0. The number of nitrogens with zero attached hydrogens (tertiary/aromatic N) is 6. The number of hydrogen-bond donors (Lipinski definition) is 1. The van der Waals surface area contributed by atoms with Crippen molar-refractivity contribution in [2.75, 3.05) is 13.1 Å². The first-order valence-corrected chi connectivity index (χ1v) is 9.53. The minimum Gasteiger partial charge on any atom is -0.444 e. The van der Waals surface area contributed by atoms with Crippen molar-refractivity contribution in [3.8, 4) is 0 Å². The zero-order valence-electron chi connectivity index (χ0n) is 17.2. The molecular formula is C18H29N7O3. The third-order valence-corrected chi connectivity index (χ3v) is 4.57. The minimum atomic E-state index is -0.801. The molecule has 2 aromatic heterocycles. The molecule has 2 aromatic rings. The molecule has 0 aromatic carbocycles. The highest BCUT2D eigenvalue weighted by Crippen LogP contribution is 2.23. The zero-order chi connectivity index (χ0) is 20.4. The molecule has 28 heavy (non-hydrogen) atoms. The van der Waals surface area contributed by atoms with Crippen molar-refractivity contribution in [1.82, 2.24) is 35.1 Å². The summed E-state index contributed by atoms with van der Waals surface area (Å²) in [4.78, 5) is 22.8. The van der Waals surface area contributed by atoms with Crippen LogP contribution in [0.15, 0.2) is 17.2 Å². The van der Waals surface area contributed by atoms with Crippen LogP contribution in [-0.4, -0.2) is 54.6 Å². The van der Waals surface area contributed by atoms with Crippen LogP contribution in [0.1, 0.15) is 65.2 Å². The van der Waals surface area contributed by atoms with Crippen LogP contribution < -0.4 is 5.32 Å². The van der Waals surface area contributed by atoms with Gasteiger partial charge in [0.25, 0.3) is 0 Å². The normalized spacial score (nSPS) is 16.9. The van der Waals surface area contributed by atoms with Gasteiger partial charge in [-0.2, -0.15) is 10.1 Å². The van der Waals surface area contributed by atoms with Crippen LogP contribution in [0.4, 0.5) is 4.79 Å². The Morgan fingerprint density at radius 3 is 2.61 bits per heavy atom. The van der Waals surface area contributed by atoms with Crippen molar-refractivity contribution in [2.24, 2.45) is 0 Å². The number of rotatable bonds is 5. The number of likely N-dealkylation sites (tertiary alicyclic amines) is 1. The van der Waals surface area contributed by atoms with Gasteiger partial charge in [-0.3, -0.25) is 4.90 Å². The lowest BCUT2D eigenvalue weighted by atomic mass is 10.1. The van der Waals surface area contributed by atoms with Crippen LogP contribution in [0.2, 0.25) is 0 Å². The van der Waals surface area contributed by atoms with Gasteiger partial charge in [0, 0.05) is 13.1 Å². The van der Waals surface area contributed by atoms with Crippen molar-refractivity contribution in [1.29, 1.82) is 0 Å². The molecule has 1 aliphatic heterocycles. The SMILES string of the molecule is CC(C)(C)OC(=O)NC(C)(C)c1noc(CN2CCC(n3cncn3)CC2)n1. The molecule has 1 aliphatic rings. The predicted octanol–water partition coefficient (Wildman–Crippen LogP) is 2.26. The summed E-state index contributed by atoms with van der Waals surface area (Å²) >= 11 is 0. The van der Waals surface area contributed by atoms with Gasteiger partial charge in [-0.25, -0.2) is 14.5 Å². The first-order chi connectivity index (χ1) is 13.1. The average Bonchev–Trinajstić information content (AvgIpc) is 3.25. The topological polar surface area (TPSA) is 111 Å². The summed E-state index contributed by atoms with van der Waals surface area (Å²) in [5.74, 6) is 0.958. The Morgan fingerprint density at radius 2 is 2.00 bits per heavy atom. The van der Waals surface area contributed by atoms with Gasteiger partial charge in [0.1, 0.15) is 23.8 Å². The van der Waals surface area contributed by atoms with Gasteiger partial charge < -0.3 is 14.6 Å². The van der Waals surface area contributed by atoms with E-state index in [1.165, 1.54) is 0 Å². The molecule has 1 N–H and O–H groups in total. The number of carbonyl (C=O) groups excluding carboxylic acids is 1. The van der Waals surface area contributed by atoms with Crippen molar-refractivity contribution in [2.45, 2.75) is 71.2 Å². The lowest BCUT2D eigenvalue weighted by molar-refractivity contribution is 0.0465. The van der Waals surface area contributed by atoms with E-state index in [1.54, 1.807) is 12.7 Å². The number of piperidine rings is 1. The molecular weight excluding hydrogens is 362 g/mol. The van der Waals surface area contributed by atoms with Crippen LogP contribution in [0.5, 0.6) is 0 Å². The molecule has 10 nitrogen and oxygen atoms in total. The van der Waals surface area contributed by atoms with Gasteiger partial charge in [0.2, 0.25) is 5.89 Å². The fraction of sp³-hybridized carbons (Fsp3) is 0.722. The van der Waals surface area contributed by atoms with E-state index in [2.05, 4.69) is 30.4 Å². The number of amides is 1. The van der Waals surface area contributed by atoms with E-state index >= 15 is 0 Å².